The molecule has 4 nitrogen and oxygen atoms in total. The van der Waals surface area contributed by atoms with E-state index in [0.717, 1.165) is 30.4 Å². The molecule has 0 aliphatic heterocycles. The van der Waals surface area contributed by atoms with E-state index in [2.05, 4.69) is 6.92 Å². The zero-order chi connectivity index (χ0) is 14.6. The summed E-state index contributed by atoms with van der Waals surface area (Å²) < 4.78 is 0. The fourth-order valence-electron chi connectivity index (χ4n) is 2.49. The SMILES string of the molecule is CCCCC1=CC(CC)=C(C(=O)O)CC1(C)C(=O)O. The summed E-state index contributed by atoms with van der Waals surface area (Å²) in [5, 5.41) is 18.7. The minimum atomic E-state index is -1.08. The van der Waals surface area contributed by atoms with Crippen LogP contribution < -0.4 is 0 Å². The Morgan fingerprint density at radius 3 is 2.37 bits per heavy atom. The van der Waals surface area contributed by atoms with Gasteiger partial charge in [-0.25, -0.2) is 4.79 Å². The Kier molecular flexibility index (Phi) is 4.92. The summed E-state index contributed by atoms with van der Waals surface area (Å²) in [4.78, 5) is 22.8. The fraction of sp³-hybridized carbons (Fsp3) is 0.600. The number of hydrogen-bond acceptors (Lipinski definition) is 2. The van der Waals surface area contributed by atoms with Gasteiger partial charge in [-0.2, -0.15) is 0 Å². The predicted molar refractivity (Wildman–Crippen MR) is 72.9 cm³/mol. The quantitative estimate of drug-likeness (QED) is 0.772. The molecule has 106 valence electrons. The number of carboxylic acids is 2. The third-order valence-corrected chi connectivity index (χ3v) is 3.89. The summed E-state index contributed by atoms with van der Waals surface area (Å²) in [7, 11) is 0. The summed E-state index contributed by atoms with van der Waals surface area (Å²) in [5.41, 5.74) is 0.773. The monoisotopic (exact) mass is 266 g/mol. The van der Waals surface area contributed by atoms with E-state index >= 15 is 0 Å². The Balaban J connectivity index is 3.25. The van der Waals surface area contributed by atoms with Crippen LogP contribution in [0.1, 0.15) is 52.9 Å². The van der Waals surface area contributed by atoms with Gasteiger partial charge in [-0.3, -0.25) is 4.79 Å². The molecule has 0 bridgehead atoms. The molecule has 19 heavy (non-hydrogen) atoms. The van der Waals surface area contributed by atoms with Crippen molar-refractivity contribution in [1.82, 2.24) is 0 Å². The molecule has 4 heteroatoms. The molecule has 1 aliphatic rings. The van der Waals surface area contributed by atoms with Crippen molar-refractivity contribution >= 4 is 11.9 Å². The molecule has 0 fully saturated rings. The van der Waals surface area contributed by atoms with E-state index in [-0.39, 0.29) is 12.0 Å². The standard InChI is InChI=1S/C15H22O4/c1-4-6-7-11-8-10(5-2)12(13(16)17)9-15(11,3)14(18)19/h8H,4-7,9H2,1-3H3,(H,16,17)(H,18,19). The van der Waals surface area contributed by atoms with Gasteiger partial charge in [-0.15, -0.1) is 0 Å². The van der Waals surface area contributed by atoms with Gasteiger partial charge >= 0.3 is 11.9 Å². The second-order valence-corrected chi connectivity index (χ2v) is 5.25. The number of unbranched alkanes of at least 4 members (excludes halogenated alkanes) is 1. The number of hydrogen-bond donors (Lipinski definition) is 2. The lowest BCUT2D eigenvalue weighted by Gasteiger charge is -2.33. The van der Waals surface area contributed by atoms with Crippen molar-refractivity contribution in [3.8, 4) is 0 Å². The molecule has 0 saturated heterocycles. The van der Waals surface area contributed by atoms with Gasteiger partial charge in [-0.05, 0) is 38.2 Å². The van der Waals surface area contributed by atoms with Gasteiger partial charge in [0.15, 0.2) is 0 Å². The molecule has 2 N–H and O–H groups in total. The maximum Gasteiger partial charge on any atom is 0.331 e. The molecule has 0 spiro atoms. The minimum Gasteiger partial charge on any atom is -0.481 e. The summed E-state index contributed by atoms with van der Waals surface area (Å²) in [6.07, 6.45) is 5.13. The Labute approximate surface area is 113 Å². The molecule has 1 atom stereocenters. The number of carboxylic acid groups (broad SMARTS) is 2. The van der Waals surface area contributed by atoms with Gasteiger partial charge in [0.05, 0.1) is 5.41 Å². The second-order valence-electron chi connectivity index (χ2n) is 5.25. The van der Waals surface area contributed by atoms with Crippen LogP contribution in [-0.2, 0) is 9.59 Å². The van der Waals surface area contributed by atoms with Gasteiger partial charge in [0.25, 0.3) is 0 Å². The third kappa shape index (κ3) is 3.06. The van der Waals surface area contributed by atoms with Crippen molar-refractivity contribution in [1.29, 1.82) is 0 Å². The van der Waals surface area contributed by atoms with Crippen molar-refractivity contribution in [2.24, 2.45) is 5.41 Å². The van der Waals surface area contributed by atoms with Crippen molar-refractivity contribution in [3.05, 3.63) is 22.8 Å². The summed E-state index contributed by atoms with van der Waals surface area (Å²) in [6, 6.07) is 0. The smallest absolute Gasteiger partial charge is 0.331 e. The van der Waals surface area contributed by atoms with Crippen molar-refractivity contribution in [2.45, 2.75) is 52.9 Å². The zero-order valence-electron chi connectivity index (χ0n) is 11.8. The normalized spacial score (nSPS) is 23.2. The molecular weight excluding hydrogens is 244 g/mol. The molecule has 1 rings (SSSR count). The van der Waals surface area contributed by atoms with Crippen LogP contribution in [0, 0.1) is 5.41 Å². The molecule has 1 aliphatic carbocycles. The first-order chi connectivity index (χ1) is 8.86. The molecule has 0 saturated carbocycles. The third-order valence-electron chi connectivity index (χ3n) is 3.89. The summed E-state index contributed by atoms with van der Waals surface area (Å²) >= 11 is 0. The van der Waals surface area contributed by atoms with Crippen LogP contribution >= 0.6 is 0 Å². The van der Waals surface area contributed by atoms with E-state index in [9.17, 15) is 19.8 Å². The molecule has 0 aromatic carbocycles. The van der Waals surface area contributed by atoms with Crippen LogP contribution in [-0.4, -0.2) is 22.2 Å². The average molecular weight is 266 g/mol. The molecule has 0 aromatic heterocycles. The molecule has 0 heterocycles. The van der Waals surface area contributed by atoms with Crippen LogP contribution in [0.5, 0.6) is 0 Å². The Bertz CT molecular complexity index is 445. The molecule has 1 unspecified atom stereocenters. The van der Waals surface area contributed by atoms with Gasteiger partial charge in [0.1, 0.15) is 0 Å². The van der Waals surface area contributed by atoms with E-state index in [1.54, 1.807) is 13.0 Å². The second kappa shape index (κ2) is 6.04. The maximum atomic E-state index is 11.6. The minimum absolute atomic E-state index is 0.0797. The summed E-state index contributed by atoms with van der Waals surface area (Å²) in [6.45, 7) is 5.59. The van der Waals surface area contributed by atoms with Crippen molar-refractivity contribution < 1.29 is 19.8 Å². The molecule has 0 radical (unpaired) electrons. The highest BCUT2D eigenvalue weighted by Gasteiger charge is 2.41. The highest BCUT2D eigenvalue weighted by Crippen LogP contribution is 2.43. The largest absolute Gasteiger partial charge is 0.481 e. The summed E-state index contributed by atoms with van der Waals surface area (Å²) in [5.74, 6) is -1.95. The first-order valence-corrected chi connectivity index (χ1v) is 6.76. The van der Waals surface area contributed by atoms with Crippen LogP contribution in [0.2, 0.25) is 0 Å². The lowest BCUT2D eigenvalue weighted by Crippen LogP contribution is -2.34. The van der Waals surface area contributed by atoms with Gasteiger partial charge in [-0.1, -0.05) is 31.9 Å². The molecule has 0 amide bonds. The zero-order valence-corrected chi connectivity index (χ0v) is 11.8. The topological polar surface area (TPSA) is 74.6 Å². The van der Waals surface area contributed by atoms with E-state index in [4.69, 9.17) is 0 Å². The number of aliphatic carboxylic acids is 2. The van der Waals surface area contributed by atoms with E-state index < -0.39 is 17.4 Å². The first kappa shape index (κ1) is 15.5. The molecular formula is C15H22O4. The Hall–Kier alpha value is -1.58. The van der Waals surface area contributed by atoms with Crippen molar-refractivity contribution in [2.75, 3.05) is 0 Å². The highest BCUT2D eigenvalue weighted by atomic mass is 16.4. The van der Waals surface area contributed by atoms with Crippen LogP contribution in [0.25, 0.3) is 0 Å². The van der Waals surface area contributed by atoms with E-state index in [1.165, 1.54) is 0 Å². The maximum absolute atomic E-state index is 11.6. The highest BCUT2D eigenvalue weighted by molar-refractivity contribution is 5.91. The Morgan fingerprint density at radius 1 is 1.32 bits per heavy atom. The van der Waals surface area contributed by atoms with Crippen LogP contribution in [0.3, 0.4) is 0 Å². The lowest BCUT2D eigenvalue weighted by molar-refractivity contribution is -0.146. The number of allylic oxidation sites excluding steroid dienone is 2. The lowest BCUT2D eigenvalue weighted by atomic mass is 9.70. The number of rotatable bonds is 6. The van der Waals surface area contributed by atoms with Gasteiger partial charge in [0.2, 0.25) is 0 Å². The van der Waals surface area contributed by atoms with Crippen LogP contribution in [0.15, 0.2) is 22.8 Å². The molecule has 0 aromatic rings. The number of carbonyl (C=O) groups is 2. The van der Waals surface area contributed by atoms with E-state index in [1.807, 2.05) is 6.92 Å². The fourth-order valence-corrected chi connectivity index (χ4v) is 2.49. The van der Waals surface area contributed by atoms with E-state index in [0.29, 0.717) is 6.42 Å². The van der Waals surface area contributed by atoms with Crippen LogP contribution in [0.4, 0.5) is 0 Å². The van der Waals surface area contributed by atoms with Gasteiger partial charge < -0.3 is 10.2 Å². The van der Waals surface area contributed by atoms with Crippen molar-refractivity contribution in [3.63, 3.8) is 0 Å². The average Bonchev–Trinajstić information content (AvgIpc) is 2.36. The Morgan fingerprint density at radius 2 is 1.95 bits per heavy atom. The first-order valence-electron chi connectivity index (χ1n) is 6.76. The van der Waals surface area contributed by atoms with Gasteiger partial charge in [0, 0.05) is 5.57 Å². The predicted octanol–water partition coefficient (Wildman–Crippen LogP) is 3.39.